The van der Waals surface area contributed by atoms with E-state index in [9.17, 15) is 4.79 Å². The van der Waals surface area contributed by atoms with Gasteiger partial charge in [-0.25, -0.2) is 4.79 Å². The predicted octanol–water partition coefficient (Wildman–Crippen LogP) is 3.40. The molecule has 2 aromatic rings. The molecule has 2 aromatic carbocycles. The molecule has 0 radical (unpaired) electrons. The Morgan fingerprint density at radius 2 is 1.71 bits per heavy atom. The number of halogens is 1. The molecule has 1 atom stereocenters. The van der Waals surface area contributed by atoms with Crippen molar-refractivity contribution in [2.75, 3.05) is 7.11 Å². The summed E-state index contributed by atoms with van der Waals surface area (Å²) in [6, 6.07) is 12.0. The van der Waals surface area contributed by atoms with E-state index >= 15 is 0 Å². The first-order chi connectivity index (χ1) is 10.2. The van der Waals surface area contributed by atoms with Crippen molar-refractivity contribution in [1.29, 1.82) is 0 Å². The average Bonchev–Trinajstić information content (AvgIpc) is 2.92. The maximum absolute atomic E-state index is 11.4. The lowest BCUT2D eigenvalue weighted by atomic mass is 10.3. The second-order valence-electron chi connectivity index (χ2n) is 4.26. The second-order valence-corrected chi connectivity index (χ2v) is 4.69. The number of hydrogen-bond acceptors (Lipinski definition) is 5. The van der Waals surface area contributed by atoms with Crippen molar-refractivity contribution in [1.82, 2.24) is 0 Å². The smallest absolute Gasteiger partial charge is 0.389 e. The van der Waals surface area contributed by atoms with Crippen LogP contribution in [0.3, 0.4) is 0 Å². The summed E-state index contributed by atoms with van der Waals surface area (Å²) in [5, 5.41) is 0.633. The molecular weight excluding hydrogens is 296 g/mol. The van der Waals surface area contributed by atoms with Crippen molar-refractivity contribution in [3.8, 4) is 23.0 Å². The highest BCUT2D eigenvalue weighted by Gasteiger charge is 2.31. The third-order valence-corrected chi connectivity index (χ3v) is 3.08. The summed E-state index contributed by atoms with van der Waals surface area (Å²) in [6.07, 6.45) is -1.07. The summed E-state index contributed by atoms with van der Waals surface area (Å²) in [7, 11) is 1.27. The second kappa shape index (κ2) is 5.54. The zero-order valence-corrected chi connectivity index (χ0v) is 11.8. The Kier molecular flexibility index (Phi) is 3.58. The number of carbonyl (C=O) groups is 1. The van der Waals surface area contributed by atoms with Gasteiger partial charge in [0.25, 0.3) is 0 Å². The quantitative estimate of drug-likeness (QED) is 0.813. The van der Waals surface area contributed by atoms with Gasteiger partial charge in [-0.3, -0.25) is 0 Å². The fourth-order valence-electron chi connectivity index (χ4n) is 1.83. The number of ether oxygens (including phenoxy) is 4. The highest BCUT2D eigenvalue weighted by Crippen LogP contribution is 2.39. The SMILES string of the molecule is COC(=O)[C@@H]1Oc2ccc(Oc3ccc(Cl)cc3)cc2O1. The van der Waals surface area contributed by atoms with Crippen LogP contribution in [0.25, 0.3) is 0 Å². The zero-order valence-electron chi connectivity index (χ0n) is 11.0. The maximum atomic E-state index is 11.4. The highest BCUT2D eigenvalue weighted by molar-refractivity contribution is 6.30. The average molecular weight is 307 g/mol. The molecule has 3 rings (SSSR count). The van der Waals surface area contributed by atoms with E-state index in [-0.39, 0.29) is 0 Å². The van der Waals surface area contributed by atoms with Crippen molar-refractivity contribution < 1.29 is 23.7 Å². The number of carbonyl (C=O) groups excluding carboxylic acids is 1. The fraction of sp³-hybridized carbons (Fsp3) is 0.133. The van der Waals surface area contributed by atoms with Gasteiger partial charge < -0.3 is 18.9 Å². The van der Waals surface area contributed by atoms with Crippen LogP contribution >= 0.6 is 11.6 Å². The molecule has 0 unspecified atom stereocenters. The Balaban J connectivity index is 1.76. The van der Waals surface area contributed by atoms with E-state index in [1.807, 2.05) is 0 Å². The van der Waals surface area contributed by atoms with Gasteiger partial charge >= 0.3 is 12.3 Å². The van der Waals surface area contributed by atoms with Crippen LogP contribution in [-0.2, 0) is 9.53 Å². The summed E-state index contributed by atoms with van der Waals surface area (Å²) in [5.74, 6) is 1.50. The Labute approximate surface area is 125 Å². The van der Waals surface area contributed by atoms with Crippen LogP contribution in [0.15, 0.2) is 42.5 Å². The molecule has 6 heteroatoms. The molecule has 0 fully saturated rings. The lowest BCUT2D eigenvalue weighted by molar-refractivity contribution is -0.158. The Morgan fingerprint density at radius 1 is 1.05 bits per heavy atom. The molecule has 0 N–H and O–H groups in total. The number of rotatable bonds is 3. The lowest BCUT2D eigenvalue weighted by Gasteiger charge is -2.06. The minimum atomic E-state index is -1.07. The summed E-state index contributed by atoms with van der Waals surface area (Å²) < 4.78 is 20.9. The minimum Gasteiger partial charge on any atom is -0.463 e. The molecule has 0 bridgehead atoms. The molecule has 108 valence electrons. The minimum absolute atomic E-state index is 0.428. The van der Waals surface area contributed by atoms with E-state index in [2.05, 4.69) is 4.74 Å². The van der Waals surface area contributed by atoms with Gasteiger partial charge in [-0.1, -0.05) is 11.6 Å². The highest BCUT2D eigenvalue weighted by atomic mass is 35.5. The molecule has 0 saturated carbocycles. The summed E-state index contributed by atoms with van der Waals surface area (Å²) in [5.41, 5.74) is 0. The van der Waals surface area contributed by atoms with Crippen LogP contribution in [0.2, 0.25) is 5.02 Å². The molecule has 1 heterocycles. The fourth-order valence-corrected chi connectivity index (χ4v) is 1.95. The number of methoxy groups -OCH3 is 1. The van der Waals surface area contributed by atoms with Crippen LogP contribution in [-0.4, -0.2) is 19.4 Å². The molecule has 0 aromatic heterocycles. The molecule has 0 amide bonds. The number of esters is 1. The number of benzene rings is 2. The van der Waals surface area contributed by atoms with Gasteiger partial charge in [-0.15, -0.1) is 0 Å². The van der Waals surface area contributed by atoms with Gasteiger partial charge in [0.1, 0.15) is 11.5 Å². The van der Waals surface area contributed by atoms with Crippen LogP contribution in [0.1, 0.15) is 0 Å². The van der Waals surface area contributed by atoms with Crippen LogP contribution in [0.4, 0.5) is 0 Å². The summed E-state index contributed by atoms with van der Waals surface area (Å²) >= 11 is 5.81. The summed E-state index contributed by atoms with van der Waals surface area (Å²) in [6.45, 7) is 0. The molecule has 0 aliphatic carbocycles. The van der Waals surface area contributed by atoms with Crippen molar-refractivity contribution in [2.45, 2.75) is 6.29 Å². The van der Waals surface area contributed by atoms with E-state index in [0.29, 0.717) is 28.0 Å². The largest absolute Gasteiger partial charge is 0.463 e. The number of fused-ring (bicyclic) bond motifs is 1. The van der Waals surface area contributed by atoms with Crippen molar-refractivity contribution in [3.63, 3.8) is 0 Å². The molecule has 21 heavy (non-hydrogen) atoms. The van der Waals surface area contributed by atoms with Gasteiger partial charge in [-0.2, -0.15) is 0 Å². The first kappa shape index (κ1) is 13.6. The molecule has 5 nitrogen and oxygen atoms in total. The first-order valence-corrected chi connectivity index (χ1v) is 6.52. The van der Waals surface area contributed by atoms with Crippen molar-refractivity contribution >= 4 is 17.6 Å². The predicted molar refractivity (Wildman–Crippen MR) is 75.0 cm³/mol. The van der Waals surface area contributed by atoms with Gasteiger partial charge in [0.05, 0.1) is 7.11 Å². The molecule has 0 spiro atoms. The summed E-state index contributed by atoms with van der Waals surface area (Å²) in [4.78, 5) is 11.4. The van der Waals surface area contributed by atoms with E-state index in [4.69, 9.17) is 25.8 Å². The zero-order chi connectivity index (χ0) is 14.8. The van der Waals surface area contributed by atoms with E-state index in [0.717, 1.165) is 0 Å². The van der Waals surface area contributed by atoms with Gasteiger partial charge in [0, 0.05) is 11.1 Å². The van der Waals surface area contributed by atoms with Gasteiger partial charge in [-0.05, 0) is 36.4 Å². The Morgan fingerprint density at radius 3 is 2.43 bits per heavy atom. The van der Waals surface area contributed by atoms with Crippen LogP contribution in [0.5, 0.6) is 23.0 Å². The molecule has 1 aliphatic rings. The van der Waals surface area contributed by atoms with Crippen LogP contribution in [0, 0.1) is 0 Å². The first-order valence-electron chi connectivity index (χ1n) is 6.14. The molecule has 0 saturated heterocycles. The van der Waals surface area contributed by atoms with Crippen molar-refractivity contribution in [2.24, 2.45) is 0 Å². The monoisotopic (exact) mass is 306 g/mol. The van der Waals surface area contributed by atoms with E-state index in [1.54, 1.807) is 42.5 Å². The molecule has 1 aliphatic heterocycles. The van der Waals surface area contributed by atoms with E-state index in [1.165, 1.54) is 7.11 Å². The van der Waals surface area contributed by atoms with Gasteiger partial charge in [0.2, 0.25) is 0 Å². The van der Waals surface area contributed by atoms with Crippen molar-refractivity contribution in [3.05, 3.63) is 47.5 Å². The standard InChI is InChI=1S/C15H11ClO5/c1-18-14(17)15-20-12-7-6-11(8-13(12)21-15)19-10-4-2-9(16)3-5-10/h2-8,15H,1H3/t15-/m1/s1. The molecular formula is C15H11ClO5. The topological polar surface area (TPSA) is 54.0 Å². The van der Waals surface area contributed by atoms with Crippen LogP contribution < -0.4 is 14.2 Å². The Bertz CT molecular complexity index is 668. The lowest BCUT2D eigenvalue weighted by Crippen LogP contribution is -2.30. The maximum Gasteiger partial charge on any atom is 0.389 e. The normalized spacial score (nSPS) is 15.6. The van der Waals surface area contributed by atoms with Gasteiger partial charge in [0.15, 0.2) is 11.5 Å². The third-order valence-electron chi connectivity index (χ3n) is 2.83. The Hall–Kier alpha value is -2.40. The third kappa shape index (κ3) is 2.87. The number of hydrogen-bond donors (Lipinski definition) is 0. The van der Waals surface area contributed by atoms with E-state index < -0.39 is 12.3 Å².